The van der Waals surface area contributed by atoms with Crippen molar-refractivity contribution in [3.63, 3.8) is 0 Å². The second-order valence-corrected chi connectivity index (χ2v) is 7.39. The van der Waals surface area contributed by atoms with Crippen molar-refractivity contribution in [2.45, 2.75) is 52.7 Å². The van der Waals surface area contributed by atoms with Crippen LogP contribution in [-0.4, -0.2) is 17.7 Å². The maximum atomic E-state index is 11.9. The standard InChI is InChI=1S/C20H28N2O3/c1-13-10-16(14(2)25-13)11-21-19(24)22-12-18(23)15-6-8-17(9-7-15)20(3,4)5/h6-10,18,23H,11-12H2,1-5H3,(H2,21,22,24). The molecule has 1 aromatic carbocycles. The fourth-order valence-corrected chi connectivity index (χ4v) is 2.61. The molecular formula is C20H28N2O3. The lowest BCUT2D eigenvalue weighted by molar-refractivity contribution is 0.173. The summed E-state index contributed by atoms with van der Waals surface area (Å²) in [5.74, 6) is 1.63. The molecule has 0 bridgehead atoms. The molecule has 2 aromatic rings. The highest BCUT2D eigenvalue weighted by atomic mass is 16.3. The first-order chi connectivity index (χ1) is 11.7. The zero-order valence-electron chi connectivity index (χ0n) is 15.6. The number of aliphatic hydroxyl groups is 1. The van der Waals surface area contributed by atoms with E-state index >= 15 is 0 Å². The van der Waals surface area contributed by atoms with Crippen LogP contribution >= 0.6 is 0 Å². The molecule has 0 aliphatic rings. The van der Waals surface area contributed by atoms with Gasteiger partial charge in [0.2, 0.25) is 0 Å². The fraction of sp³-hybridized carbons (Fsp3) is 0.450. The van der Waals surface area contributed by atoms with Crippen LogP contribution < -0.4 is 10.6 Å². The zero-order chi connectivity index (χ0) is 18.6. The van der Waals surface area contributed by atoms with E-state index < -0.39 is 6.10 Å². The first-order valence-corrected chi connectivity index (χ1v) is 8.53. The van der Waals surface area contributed by atoms with Gasteiger partial charge >= 0.3 is 6.03 Å². The Hall–Kier alpha value is -2.27. The van der Waals surface area contributed by atoms with Gasteiger partial charge in [0.25, 0.3) is 0 Å². The van der Waals surface area contributed by atoms with E-state index in [-0.39, 0.29) is 18.0 Å². The summed E-state index contributed by atoms with van der Waals surface area (Å²) >= 11 is 0. The lowest BCUT2D eigenvalue weighted by atomic mass is 9.86. The number of nitrogens with one attached hydrogen (secondary N) is 2. The molecule has 3 N–H and O–H groups in total. The van der Waals surface area contributed by atoms with E-state index in [4.69, 9.17) is 4.42 Å². The number of hydrogen-bond donors (Lipinski definition) is 3. The summed E-state index contributed by atoms with van der Waals surface area (Å²) in [6, 6.07) is 9.43. The molecule has 0 aliphatic heterocycles. The minimum Gasteiger partial charge on any atom is -0.466 e. The normalized spacial score (nSPS) is 12.7. The maximum Gasteiger partial charge on any atom is 0.315 e. The number of carbonyl (C=O) groups is 1. The highest BCUT2D eigenvalue weighted by Gasteiger charge is 2.15. The summed E-state index contributed by atoms with van der Waals surface area (Å²) in [4.78, 5) is 11.9. The Bertz CT molecular complexity index is 712. The van der Waals surface area contributed by atoms with Crippen LogP contribution in [0.3, 0.4) is 0 Å². The molecule has 1 heterocycles. The molecule has 1 atom stereocenters. The van der Waals surface area contributed by atoms with Gasteiger partial charge in [-0.15, -0.1) is 0 Å². The molecule has 1 aromatic heterocycles. The van der Waals surface area contributed by atoms with Crippen LogP contribution in [0.25, 0.3) is 0 Å². The van der Waals surface area contributed by atoms with Crippen LogP contribution in [0.15, 0.2) is 34.7 Å². The van der Waals surface area contributed by atoms with Crippen molar-refractivity contribution in [1.29, 1.82) is 0 Å². The second kappa shape index (κ2) is 7.74. The SMILES string of the molecule is Cc1cc(CNC(=O)NCC(O)c2ccc(C(C)(C)C)cc2)c(C)o1. The maximum absolute atomic E-state index is 11.9. The molecule has 5 heteroatoms. The van der Waals surface area contributed by atoms with Gasteiger partial charge in [0, 0.05) is 18.7 Å². The van der Waals surface area contributed by atoms with Gasteiger partial charge in [-0.2, -0.15) is 0 Å². The predicted octanol–water partition coefficient (Wildman–Crippen LogP) is 3.73. The number of furan rings is 1. The second-order valence-electron chi connectivity index (χ2n) is 7.39. The third kappa shape index (κ3) is 5.36. The number of amides is 2. The predicted molar refractivity (Wildman–Crippen MR) is 98.5 cm³/mol. The highest BCUT2D eigenvalue weighted by molar-refractivity contribution is 5.73. The summed E-state index contributed by atoms with van der Waals surface area (Å²) in [7, 11) is 0. The average Bonchev–Trinajstić information content (AvgIpc) is 2.87. The van der Waals surface area contributed by atoms with Gasteiger partial charge in [-0.1, -0.05) is 45.0 Å². The van der Waals surface area contributed by atoms with E-state index in [9.17, 15) is 9.90 Å². The van der Waals surface area contributed by atoms with Gasteiger partial charge in [0.15, 0.2) is 0 Å². The number of benzene rings is 1. The van der Waals surface area contributed by atoms with Crippen LogP contribution in [0.2, 0.25) is 0 Å². The largest absolute Gasteiger partial charge is 0.466 e. The highest BCUT2D eigenvalue weighted by Crippen LogP contribution is 2.23. The molecule has 0 radical (unpaired) electrons. The Morgan fingerprint density at radius 1 is 1.16 bits per heavy atom. The topological polar surface area (TPSA) is 74.5 Å². The molecular weight excluding hydrogens is 316 g/mol. The number of aliphatic hydroxyl groups excluding tert-OH is 1. The average molecular weight is 344 g/mol. The fourth-order valence-electron chi connectivity index (χ4n) is 2.61. The first-order valence-electron chi connectivity index (χ1n) is 8.53. The van der Waals surface area contributed by atoms with Gasteiger partial charge in [0.05, 0.1) is 6.10 Å². The van der Waals surface area contributed by atoms with Crippen molar-refractivity contribution in [3.05, 3.63) is 58.5 Å². The van der Waals surface area contributed by atoms with Crippen molar-refractivity contribution < 1.29 is 14.3 Å². The van der Waals surface area contributed by atoms with Crippen molar-refractivity contribution in [2.75, 3.05) is 6.54 Å². The van der Waals surface area contributed by atoms with Crippen LogP contribution in [0, 0.1) is 13.8 Å². The van der Waals surface area contributed by atoms with E-state index in [1.54, 1.807) is 0 Å². The Morgan fingerprint density at radius 3 is 2.32 bits per heavy atom. The summed E-state index contributed by atoms with van der Waals surface area (Å²) in [5.41, 5.74) is 3.02. The van der Waals surface area contributed by atoms with Crippen molar-refractivity contribution in [2.24, 2.45) is 0 Å². The van der Waals surface area contributed by atoms with Crippen LogP contribution in [0.5, 0.6) is 0 Å². The number of aryl methyl sites for hydroxylation is 2. The minimum absolute atomic E-state index is 0.0746. The molecule has 2 amide bonds. The minimum atomic E-state index is -0.738. The van der Waals surface area contributed by atoms with E-state index in [1.165, 1.54) is 5.56 Å². The first kappa shape index (κ1) is 19.1. The molecule has 1 unspecified atom stereocenters. The van der Waals surface area contributed by atoms with E-state index in [1.807, 2.05) is 44.2 Å². The quantitative estimate of drug-likeness (QED) is 0.774. The molecule has 0 fully saturated rings. The van der Waals surface area contributed by atoms with Gasteiger partial charge in [-0.05, 0) is 36.5 Å². The van der Waals surface area contributed by atoms with Crippen LogP contribution in [-0.2, 0) is 12.0 Å². The Kier molecular flexibility index (Phi) is 5.90. The summed E-state index contributed by atoms with van der Waals surface area (Å²) < 4.78 is 5.42. The Labute approximate surface area is 149 Å². The van der Waals surface area contributed by atoms with Crippen molar-refractivity contribution in [1.82, 2.24) is 10.6 Å². The summed E-state index contributed by atoms with van der Waals surface area (Å²) in [5, 5.41) is 15.7. The third-order valence-corrected chi connectivity index (χ3v) is 4.20. The van der Waals surface area contributed by atoms with E-state index in [0.29, 0.717) is 6.54 Å². The molecule has 0 saturated heterocycles. The summed E-state index contributed by atoms with van der Waals surface area (Å²) in [6.07, 6.45) is -0.738. The van der Waals surface area contributed by atoms with E-state index in [2.05, 4.69) is 31.4 Å². The number of carbonyl (C=O) groups excluding carboxylic acids is 1. The molecule has 0 spiro atoms. The van der Waals surface area contributed by atoms with Gasteiger partial charge in [-0.25, -0.2) is 4.79 Å². The molecule has 5 nitrogen and oxygen atoms in total. The van der Waals surface area contributed by atoms with Crippen LogP contribution in [0.1, 0.15) is 55.1 Å². The summed E-state index contributed by atoms with van der Waals surface area (Å²) in [6.45, 7) is 10.7. The van der Waals surface area contributed by atoms with Crippen molar-refractivity contribution >= 4 is 6.03 Å². The molecule has 2 rings (SSSR count). The number of hydrogen-bond acceptors (Lipinski definition) is 3. The zero-order valence-corrected chi connectivity index (χ0v) is 15.6. The Balaban J connectivity index is 1.81. The molecule has 0 saturated carbocycles. The van der Waals surface area contributed by atoms with Crippen molar-refractivity contribution in [3.8, 4) is 0 Å². The van der Waals surface area contributed by atoms with Crippen LogP contribution in [0.4, 0.5) is 4.79 Å². The van der Waals surface area contributed by atoms with Gasteiger partial charge in [-0.3, -0.25) is 0 Å². The monoisotopic (exact) mass is 344 g/mol. The number of rotatable bonds is 5. The lowest BCUT2D eigenvalue weighted by Gasteiger charge is -2.20. The molecule has 25 heavy (non-hydrogen) atoms. The van der Waals surface area contributed by atoms with Gasteiger partial charge in [0.1, 0.15) is 11.5 Å². The smallest absolute Gasteiger partial charge is 0.315 e. The molecule has 0 aliphatic carbocycles. The Morgan fingerprint density at radius 2 is 1.80 bits per heavy atom. The third-order valence-electron chi connectivity index (χ3n) is 4.20. The van der Waals surface area contributed by atoms with Gasteiger partial charge < -0.3 is 20.2 Å². The number of urea groups is 1. The molecule has 136 valence electrons. The van der Waals surface area contributed by atoms with E-state index in [0.717, 1.165) is 22.6 Å². The lowest BCUT2D eigenvalue weighted by Crippen LogP contribution is -2.37.